The van der Waals surface area contributed by atoms with E-state index in [0.717, 1.165) is 19.6 Å². The molecule has 1 aliphatic heterocycles. The van der Waals surface area contributed by atoms with Crippen molar-refractivity contribution in [3.8, 4) is 0 Å². The van der Waals surface area contributed by atoms with Crippen LogP contribution in [0.2, 0.25) is 0 Å². The Morgan fingerprint density at radius 1 is 1.35 bits per heavy atom. The molecule has 0 saturated carbocycles. The summed E-state index contributed by atoms with van der Waals surface area (Å²) >= 11 is 0. The molecule has 1 saturated heterocycles. The Labute approximate surface area is 156 Å². The molecule has 4 N–H and O–H groups in total. The van der Waals surface area contributed by atoms with Crippen LogP contribution in [0.4, 0.5) is 4.79 Å². The second-order valence-electron chi connectivity index (χ2n) is 6.51. The second-order valence-corrected chi connectivity index (χ2v) is 6.51. The lowest BCUT2D eigenvalue weighted by molar-refractivity contribution is 0.0529. The molecule has 8 heteroatoms. The van der Waals surface area contributed by atoms with Crippen molar-refractivity contribution >= 4 is 36.0 Å². The largest absolute Gasteiger partial charge is 0.444 e. The minimum absolute atomic E-state index is 0. The normalized spacial score (nSPS) is 19.1. The zero-order valence-corrected chi connectivity index (χ0v) is 17.1. The number of hydrogen-bond donors (Lipinski definition) is 3. The number of guanidine groups is 1. The van der Waals surface area contributed by atoms with E-state index in [2.05, 4.69) is 27.4 Å². The van der Waals surface area contributed by atoms with Crippen molar-refractivity contribution in [3.05, 3.63) is 0 Å². The van der Waals surface area contributed by atoms with Gasteiger partial charge in [0.2, 0.25) is 0 Å². The van der Waals surface area contributed by atoms with Crippen LogP contribution in [0.3, 0.4) is 0 Å². The van der Waals surface area contributed by atoms with Gasteiger partial charge in [0.1, 0.15) is 5.60 Å². The number of nitrogens with two attached hydrogens (primary N) is 1. The van der Waals surface area contributed by atoms with Gasteiger partial charge in [0.25, 0.3) is 0 Å². The van der Waals surface area contributed by atoms with E-state index in [-0.39, 0.29) is 24.0 Å². The van der Waals surface area contributed by atoms with Crippen LogP contribution in [0.5, 0.6) is 0 Å². The first-order chi connectivity index (χ1) is 10.3. The molecule has 7 nitrogen and oxygen atoms in total. The number of hydrogen-bond acceptors (Lipinski definition) is 4. The highest BCUT2D eigenvalue weighted by Crippen LogP contribution is 2.16. The third kappa shape index (κ3) is 9.85. The average molecular weight is 441 g/mol. The molecule has 136 valence electrons. The number of carbonyl (C=O) groups is 1. The summed E-state index contributed by atoms with van der Waals surface area (Å²) in [5.41, 5.74) is 5.35. The molecule has 0 bridgehead atoms. The Kier molecular flexibility index (Phi) is 10.5. The minimum atomic E-state index is -0.482. The Balaban J connectivity index is 0.00000484. The highest BCUT2D eigenvalue weighted by atomic mass is 127. The van der Waals surface area contributed by atoms with Gasteiger partial charge in [0, 0.05) is 19.1 Å². The summed E-state index contributed by atoms with van der Waals surface area (Å²) in [6.45, 7) is 11.6. The molecule has 1 atom stereocenters. The topological polar surface area (TPSA) is 92.0 Å². The Morgan fingerprint density at radius 2 is 2.00 bits per heavy atom. The van der Waals surface area contributed by atoms with Crippen LogP contribution >= 0.6 is 24.0 Å². The molecule has 1 rings (SSSR count). The van der Waals surface area contributed by atoms with Gasteiger partial charge in [0.05, 0.1) is 6.54 Å². The van der Waals surface area contributed by atoms with E-state index in [0.29, 0.717) is 25.1 Å². The molecule has 0 aromatic heterocycles. The van der Waals surface area contributed by atoms with Crippen LogP contribution in [0, 0.1) is 0 Å². The van der Waals surface area contributed by atoms with Gasteiger partial charge < -0.3 is 21.1 Å². The zero-order chi connectivity index (χ0) is 16.6. The Morgan fingerprint density at radius 3 is 2.61 bits per heavy atom. The van der Waals surface area contributed by atoms with Crippen molar-refractivity contribution < 1.29 is 9.53 Å². The second kappa shape index (κ2) is 10.9. The maximum atomic E-state index is 11.4. The first-order valence-electron chi connectivity index (χ1n) is 8.06. The van der Waals surface area contributed by atoms with E-state index in [1.165, 1.54) is 12.8 Å². The Bertz CT molecular complexity index is 385. The molecule has 1 aliphatic rings. The number of ether oxygens (including phenoxy) is 1. The molecular formula is C15H32IN5O2. The summed E-state index contributed by atoms with van der Waals surface area (Å²) in [5.74, 6) is 0.425. The molecule has 0 aliphatic carbocycles. The van der Waals surface area contributed by atoms with Gasteiger partial charge in [0.15, 0.2) is 5.96 Å². The third-order valence-corrected chi connectivity index (χ3v) is 3.48. The minimum Gasteiger partial charge on any atom is -0.444 e. The third-order valence-electron chi connectivity index (χ3n) is 3.48. The molecule has 23 heavy (non-hydrogen) atoms. The lowest BCUT2D eigenvalue weighted by Crippen LogP contribution is -2.41. The standard InChI is InChI=1S/C15H31N5O2.HI/c1-5-20-10-6-7-12(20)11-19-13(16)17-8-9-18-14(21)22-15(2,3)4;/h12H,5-11H2,1-4H3,(H,18,21)(H3,16,17,19);1H. The van der Waals surface area contributed by atoms with E-state index >= 15 is 0 Å². The zero-order valence-electron chi connectivity index (χ0n) is 14.7. The van der Waals surface area contributed by atoms with Crippen molar-refractivity contribution in [2.24, 2.45) is 10.7 Å². The molecule has 1 amide bonds. The number of nitrogens with one attached hydrogen (secondary N) is 2. The fourth-order valence-electron chi connectivity index (χ4n) is 2.45. The average Bonchev–Trinajstić information content (AvgIpc) is 2.86. The number of amides is 1. The summed E-state index contributed by atoms with van der Waals surface area (Å²) in [4.78, 5) is 18.3. The summed E-state index contributed by atoms with van der Waals surface area (Å²) in [5, 5.41) is 5.66. The molecular weight excluding hydrogens is 409 g/mol. The van der Waals surface area contributed by atoms with Crippen LogP contribution in [0.25, 0.3) is 0 Å². The summed E-state index contributed by atoms with van der Waals surface area (Å²) in [7, 11) is 0. The van der Waals surface area contributed by atoms with Crippen LogP contribution in [0.1, 0.15) is 40.5 Å². The van der Waals surface area contributed by atoms with Crippen LogP contribution in [0.15, 0.2) is 4.99 Å². The monoisotopic (exact) mass is 441 g/mol. The van der Waals surface area contributed by atoms with E-state index in [1.54, 1.807) is 0 Å². The van der Waals surface area contributed by atoms with Gasteiger partial charge in [-0.05, 0) is 46.7 Å². The number of likely N-dealkylation sites (N-methyl/N-ethyl adjacent to an activating group) is 1. The lowest BCUT2D eigenvalue weighted by atomic mass is 10.2. The first-order valence-corrected chi connectivity index (χ1v) is 8.06. The maximum Gasteiger partial charge on any atom is 0.407 e. The number of nitrogens with zero attached hydrogens (tertiary/aromatic N) is 2. The Hall–Kier alpha value is -0.770. The fourth-order valence-corrected chi connectivity index (χ4v) is 2.45. The van der Waals surface area contributed by atoms with E-state index in [9.17, 15) is 4.79 Å². The summed E-state index contributed by atoms with van der Waals surface area (Å²) in [6, 6.07) is 0.505. The van der Waals surface area contributed by atoms with Crippen LogP contribution < -0.4 is 16.4 Å². The van der Waals surface area contributed by atoms with E-state index < -0.39 is 11.7 Å². The SMILES string of the molecule is CCN1CCCC1CN=C(N)NCCNC(=O)OC(C)(C)C.I. The lowest BCUT2D eigenvalue weighted by Gasteiger charge is -2.21. The number of likely N-dealkylation sites (tertiary alicyclic amines) is 1. The molecule has 0 aromatic carbocycles. The summed E-state index contributed by atoms with van der Waals surface area (Å²) < 4.78 is 5.14. The number of carbonyl (C=O) groups excluding carboxylic acids is 1. The van der Waals surface area contributed by atoms with E-state index in [1.807, 2.05) is 20.8 Å². The fraction of sp³-hybridized carbons (Fsp3) is 0.867. The van der Waals surface area contributed by atoms with Crippen molar-refractivity contribution in [1.29, 1.82) is 0 Å². The predicted octanol–water partition coefficient (Wildman–Crippen LogP) is 1.52. The number of halogens is 1. The van der Waals surface area contributed by atoms with Crippen molar-refractivity contribution in [3.63, 3.8) is 0 Å². The highest BCUT2D eigenvalue weighted by Gasteiger charge is 2.22. The van der Waals surface area contributed by atoms with Gasteiger partial charge in [-0.2, -0.15) is 0 Å². The predicted molar refractivity (Wildman–Crippen MR) is 104 cm³/mol. The maximum absolute atomic E-state index is 11.4. The molecule has 1 heterocycles. The molecule has 0 aromatic rings. The van der Waals surface area contributed by atoms with Gasteiger partial charge >= 0.3 is 6.09 Å². The van der Waals surface area contributed by atoms with Crippen molar-refractivity contribution in [2.75, 3.05) is 32.7 Å². The van der Waals surface area contributed by atoms with Crippen LogP contribution in [-0.2, 0) is 4.74 Å². The van der Waals surface area contributed by atoms with Gasteiger partial charge in [-0.1, -0.05) is 6.92 Å². The molecule has 1 unspecified atom stereocenters. The van der Waals surface area contributed by atoms with Crippen molar-refractivity contribution in [2.45, 2.75) is 52.2 Å². The number of alkyl carbamates (subject to hydrolysis) is 1. The highest BCUT2D eigenvalue weighted by molar-refractivity contribution is 14.0. The van der Waals surface area contributed by atoms with Gasteiger partial charge in [-0.3, -0.25) is 9.89 Å². The van der Waals surface area contributed by atoms with Gasteiger partial charge in [-0.25, -0.2) is 4.79 Å². The summed E-state index contributed by atoms with van der Waals surface area (Å²) in [6.07, 6.45) is 2.00. The van der Waals surface area contributed by atoms with E-state index in [4.69, 9.17) is 10.5 Å². The molecule has 0 spiro atoms. The quantitative estimate of drug-likeness (QED) is 0.252. The van der Waals surface area contributed by atoms with Gasteiger partial charge in [-0.15, -0.1) is 24.0 Å². The van der Waals surface area contributed by atoms with Crippen LogP contribution in [-0.4, -0.2) is 61.3 Å². The molecule has 1 fully saturated rings. The number of aliphatic imine (C=N–C) groups is 1. The first kappa shape index (κ1) is 22.2. The number of rotatable bonds is 6. The molecule has 0 radical (unpaired) electrons. The van der Waals surface area contributed by atoms with Crippen molar-refractivity contribution in [1.82, 2.24) is 15.5 Å². The smallest absolute Gasteiger partial charge is 0.407 e.